The molecule has 0 fully saturated rings. The molecule has 1 atom stereocenters. The van der Waals surface area contributed by atoms with E-state index >= 15 is 0 Å². The lowest BCUT2D eigenvalue weighted by molar-refractivity contribution is 0.538. The van der Waals surface area contributed by atoms with Crippen LogP contribution in [0.15, 0.2) is 29.6 Å². The minimum absolute atomic E-state index is 0.132. The van der Waals surface area contributed by atoms with Crippen molar-refractivity contribution in [2.75, 3.05) is 0 Å². The summed E-state index contributed by atoms with van der Waals surface area (Å²) in [6.07, 6.45) is 0. The van der Waals surface area contributed by atoms with Crippen LogP contribution in [0.25, 0.3) is 0 Å². The highest BCUT2D eigenvalue weighted by molar-refractivity contribution is 7.10. The first-order chi connectivity index (χ1) is 8.58. The summed E-state index contributed by atoms with van der Waals surface area (Å²) in [6.45, 7) is 4.39. The second-order valence-corrected chi connectivity index (χ2v) is 5.25. The molecular formula is C14H15F2NS. The molecule has 1 aromatic heterocycles. The monoisotopic (exact) mass is 267 g/mol. The second kappa shape index (κ2) is 5.59. The van der Waals surface area contributed by atoms with Crippen LogP contribution in [0.5, 0.6) is 0 Å². The Morgan fingerprint density at radius 1 is 1.28 bits per heavy atom. The quantitative estimate of drug-likeness (QED) is 0.876. The zero-order valence-corrected chi connectivity index (χ0v) is 11.2. The van der Waals surface area contributed by atoms with Crippen molar-refractivity contribution < 1.29 is 8.78 Å². The highest BCUT2D eigenvalue weighted by Crippen LogP contribution is 2.23. The summed E-state index contributed by atoms with van der Waals surface area (Å²) < 4.78 is 26.5. The van der Waals surface area contributed by atoms with Gasteiger partial charge >= 0.3 is 0 Å². The molecular weight excluding hydrogens is 252 g/mol. The summed E-state index contributed by atoms with van der Waals surface area (Å²) in [6, 6.07) is 5.71. The molecule has 2 rings (SSSR count). The molecule has 0 aliphatic heterocycles. The zero-order chi connectivity index (χ0) is 13.1. The molecule has 1 nitrogen and oxygen atoms in total. The normalized spacial score (nSPS) is 12.7. The first-order valence-electron chi connectivity index (χ1n) is 5.79. The number of aryl methyl sites for hydroxylation is 1. The van der Waals surface area contributed by atoms with E-state index in [1.807, 2.05) is 19.2 Å². The Morgan fingerprint density at radius 2 is 2.06 bits per heavy atom. The van der Waals surface area contributed by atoms with Crippen molar-refractivity contribution in [2.45, 2.75) is 26.4 Å². The van der Waals surface area contributed by atoms with Crippen LogP contribution < -0.4 is 5.32 Å². The predicted molar refractivity (Wildman–Crippen MR) is 70.7 cm³/mol. The molecule has 0 aliphatic rings. The van der Waals surface area contributed by atoms with Crippen molar-refractivity contribution in [1.82, 2.24) is 5.32 Å². The molecule has 1 N–H and O–H groups in total. The summed E-state index contributed by atoms with van der Waals surface area (Å²) in [5.74, 6) is -0.785. The van der Waals surface area contributed by atoms with Gasteiger partial charge in [-0.25, -0.2) is 8.78 Å². The second-order valence-electron chi connectivity index (χ2n) is 4.31. The number of rotatable bonds is 4. The minimum Gasteiger partial charge on any atom is -0.305 e. The Hall–Kier alpha value is -1.26. The number of nitrogens with one attached hydrogen (secondary N) is 1. The molecule has 1 heterocycles. The standard InChI is InChI=1S/C14H15F2NS/c1-9-5-6-18-14(9)10(2)17-8-11-7-12(15)3-4-13(11)16/h3-7,10,17H,8H2,1-2H3. The number of hydrogen-bond donors (Lipinski definition) is 1. The molecule has 0 saturated heterocycles. The third kappa shape index (κ3) is 2.94. The first kappa shape index (κ1) is 13.2. The van der Waals surface area contributed by atoms with E-state index in [0.29, 0.717) is 12.1 Å². The van der Waals surface area contributed by atoms with E-state index in [2.05, 4.69) is 11.4 Å². The fourth-order valence-electron chi connectivity index (χ4n) is 1.86. The third-order valence-electron chi connectivity index (χ3n) is 2.90. The van der Waals surface area contributed by atoms with E-state index in [-0.39, 0.29) is 11.9 Å². The van der Waals surface area contributed by atoms with E-state index in [9.17, 15) is 8.78 Å². The summed E-state index contributed by atoms with van der Waals surface area (Å²) >= 11 is 1.67. The fourth-order valence-corrected chi connectivity index (χ4v) is 2.82. The lowest BCUT2D eigenvalue weighted by atomic mass is 10.1. The van der Waals surface area contributed by atoms with Crippen LogP contribution in [0.1, 0.15) is 29.0 Å². The maximum atomic E-state index is 13.4. The molecule has 1 aromatic carbocycles. The van der Waals surface area contributed by atoms with Gasteiger partial charge in [0.1, 0.15) is 11.6 Å². The summed E-state index contributed by atoms with van der Waals surface area (Å²) in [4.78, 5) is 1.23. The molecule has 2 aromatic rings. The van der Waals surface area contributed by atoms with Crippen LogP contribution >= 0.6 is 11.3 Å². The van der Waals surface area contributed by atoms with Gasteiger partial charge in [0.25, 0.3) is 0 Å². The van der Waals surface area contributed by atoms with E-state index in [0.717, 1.165) is 12.1 Å². The Balaban J connectivity index is 2.03. The third-order valence-corrected chi connectivity index (χ3v) is 4.10. The van der Waals surface area contributed by atoms with Crippen molar-refractivity contribution in [2.24, 2.45) is 0 Å². The van der Waals surface area contributed by atoms with Gasteiger partial charge in [-0.3, -0.25) is 0 Å². The lowest BCUT2D eigenvalue weighted by Gasteiger charge is -2.14. The van der Waals surface area contributed by atoms with Crippen molar-refractivity contribution in [1.29, 1.82) is 0 Å². The molecule has 1 unspecified atom stereocenters. The molecule has 0 bridgehead atoms. The van der Waals surface area contributed by atoms with Gasteiger partial charge in [0.2, 0.25) is 0 Å². The molecule has 0 amide bonds. The maximum absolute atomic E-state index is 13.4. The Bertz CT molecular complexity index is 536. The van der Waals surface area contributed by atoms with Gasteiger partial charge in [0.05, 0.1) is 0 Å². The van der Waals surface area contributed by atoms with Gasteiger partial charge < -0.3 is 5.32 Å². The molecule has 0 saturated carbocycles. The SMILES string of the molecule is Cc1ccsc1C(C)NCc1cc(F)ccc1F. The van der Waals surface area contributed by atoms with Crippen LogP contribution in [0.4, 0.5) is 8.78 Å². The van der Waals surface area contributed by atoms with Crippen LogP contribution in [0.3, 0.4) is 0 Å². The van der Waals surface area contributed by atoms with Gasteiger partial charge in [-0.15, -0.1) is 11.3 Å². The Labute approximate surface area is 109 Å². The van der Waals surface area contributed by atoms with Crippen molar-refractivity contribution >= 4 is 11.3 Å². The van der Waals surface area contributed by atoms with Crippen LogP contribution in [-0.4, -0.2) is 0 Å². The van der Waals surface area contributed by atoms with Crippen molar-refractivity contribution in [3.8, 4) is 0 Å². The van der Waals surface area contributed by atoms with Crippen LogP contribution in [0, 0.1) is 18.6 Å². The number of hydrogen-bond acceptors (Lipinski definition) is 2. The first-order valence-corrected chi connectivity index (χ1v) is 6.67. The van der Waals surface area contributed by atoms with E-state index in [4.69, 9.17) is 0 Å². The zero-order valence-electron chi connectivity index (χ0n) is 10.3. The highest BCUT2D eigenvalue weighted by atomic mass is 32.1. The van der Waals surface area contributed by atoms with Crippen molar-refractivity contribution in [3.63, 3.8) is 0 Å². The van der Waals surface area contributed by atoms with Gasteiger partial charge in [-0.05, 0) is 49.1 Å². The Morgan fingerprint density at radius 3 is 2.72 bits per heavy atom. The van der Waals surface area contributed by atoms with Crippen LogP contribution in [-0.2, 0) is 6.54 Å². The molecule has 0 radical (unpaired) electrons. The van der Waals surface area contributed by atoms with Gasteiger partial charge in [-0.2, -0.15) is 0 Å². The molecule has 0 aliphatic carbocycles. The average Bonchev–Trinajstić information content (AvgIpc) is 2.76. The molecule has 18 heavy (non-hydrogen) atoms. The fraction of sp³-hybridized carbons (Fsp3) is 0.286. The number of thiophene rings is 1. The van der Waals surface area contributed by atoms with Gasteiger partial charge in [-0.1, -0.05) is 0 Å². The smallest absolute Gasteiger partial charge is 0.127 e. The number of benzene rings is 1. The summed E-state index contributed by atoms with van der Waals surface area (Å²) in [7, 11) is 0. The maximum Gasteiger partial charge on any atom is 0.127 e. The largest absolute Gasteiger partial charge is 0.305 e. The van der Waals surface area contributed by atoms with Crippen molar-refractivity contribution in [3.05, 3.63) is 57.3 Å². The minimum atomic E-state index is -0.409. The van der Waals surface area contributed by atoms with Gasteiger partial charge in [0, 0.05) is 23.0 Å². The number of halogens is 2. The lowest BCUT2D eigenvalue weighted by Crippen LogP contribution is -2.18. The van der Waals surface area contributed by atoms with E-state index < -0.39 is 5.82 Å². The molecule has 4 heteroatoms. The van der Waals surface area contributed by atoms with E-state index in [1.165, 1.54) is 16.5 Å². The van der Waals surface area contributed by atoms with E-state index in [1.54, 1.807) is 11.3 Å². The molecule has 0 spiro atoms. The summed E-state index contributed by atoms with van der Waals surface area (Å²) in [5.41, 5.74) is 1.58. The predicted octanol–water partition coefficient (Wildman–Crippen LogP) is 4.19. The van der Waals surface area contributed by atoms with Gasteiger partial charge in [0.15, 0.2) is 0 Å². The average molecular weight is 267 g/mol. The van der Waals surface area contributed by atoms with Crippen LogP contribution in [0.2, 0.25) is 0 Å². The molecule has 96 valence electrons. The topological polar surface area (TPSA) is 12.0 Å². The summed E-state index contributed by atoms with van der Waals surface area (Å²) in [5, 5.41) is 5.25. The Kier molecular flexibility index (Phi) is 4.09. The highest BCUT2D eigenvalue weighted by Gasteiger charge is 2.10.